The summed E-state index contributed by atoms with van der Waals surface area (Å²) in [7, 11) is -4.27. The van der Waals surface area contributed by atoms with Gasteiger partial charge >= 0.3 is 7.82 Å². The summed E-state index contributed by atoms with van der Waals surface area (Å²) in [5.74, 6) is -4.28. The van der Waals surface area contributed by atoms with Crippen molar-refractivity contribution in [2.45, 2.75) is 65.6 Å². The Balaban J connectivity index is 5.60. The minimum Gasteiger partial charge on any atom is -0.359 e. The van der Waals surface area contributed by atoms with Crippen LogP contribution in [0, 0.1) is 0 Å². The van der Waals surface area contributed by atoms with Gasteiger partial charge in [0.25, 0.3) is 0 Å². The largest absolute Gasteiger partial charge is 0.477 e. The number of rotatable bonds is 15. The smallest absolute Gasteiger partial charge is 0.359 e. The first-order valence-electron chi connectivity index (χ1n) is 8.72. The minimum absolute atomic E-state index is 0.0596. The Labute approximate surface area is 156 Å². The fourth-order valence-corrected chi connectivity index (χ4v) is 3.18. The van der Waals surface area contributed by atoms with Crippen LogP contribution in [0.5, 0.6) is 0 Å². The lowest BCUT2D eigenvalue weighted by molar-refractivity contribution is -0.178. The maximum Gasteiger partial charge on any atom is 0.477 e. The van der Waals surface area contributed by atoms with E-state index in [2.05, 4.69) is 13.2 Å². The third kappa shape index (κ3) is 8.52. The van der Waals surface area contributed by atoms with Gasteiger partial charge < -0.3 is 5.11 Å². The Kier molecular flexibility index (Phi) is 11.1. The number of aliphatic hydroxyl groups is 1. The van der Waals surface area contributed by atoms with Crippen LogP contribution >= 0.6 is 7.82 Å². The summed E-state index contributed by atoms with van der Waals surface area (Å²) in [5, 5.41) is 10.7. The SMILES string of the molecule is C=C(C)C(=O)CC(O)(OP(=O)(OCCCC)OCCCC)C(=O)C(=C)C. The normalized spacial score (nSPS) is 13.9. The third-order valence-electron chi connectivity index (χ3n) is 3.38. The average molecular weight is 390 g/mol. The number of phosphoric acid groups is 1. The molecule has 0 aromatic carbocycles. The van der Waals surface area contributed by atoms with E-state index in [4.69, 9.17) is 13.6 Å². The van der Waals surface area contributed by atoms with Crippen LogP contribution in [0.1, 0.15) is 59.8 Å². The number of phosphoric ester groups is 1. The van der Waals surface area contributed by atoms with Crippen LogP contribution in [0.2, 0.25) is 0 Å². The second kappa shape index (κ2) is 11.6. The number of carbonyl (C=O) groups excluding carboxylic acids is 2. The predicted octanol–water partition coefficient (Wildman–Crippen LogP) is 4.11. The number of ketones is 2. The summed E-state index contributed by atoms with van der Waals surface area (Å²) in [6.45, 7) is 13.7. The maximum absolute atomic E-state index is 12.9. The van der Waals surface area contributed by atoms with Gasteiger partial charge in [0.05, 0.1) is 19.6 Å². The van der Waals surface area contributed by atoms with Gasteiger partial charge in [-0.15, -0.1) is 0 Å². The first kappa shape index (κ1) is 24.9. The second-order valence-corrected chi connectivity index (χ2v) is 7.78. The summed E-state index contributed by atoms with van der Waals surface area (Å²) in [6.07, 6.45) is 1.96. The van der Waals surface area contributed by atoms with Gasteiger partial charge in [-0.2, -0.15) is 0 Å². The molecule has 0 saturated carbocycles. The lowest BCUT2D eigenvalue weighted by atomic mass is 9.98. The van der Waals surface area contributed by atoms with E-state index < -0.39 is 31.6 Å². The molecule has 1 N–H and O–H groups in total. The monoisotopic (exact) mass is 390 g/mol. The van der Waals surface area contributed by atoms with Gasteiger partial charge in [-0.1, -0.05) is 39.8 Å². The molecule has 0 saturated heterocycles. The van der Waals surface area contributed by atoms with Crippen LogP contribution in [0.3, 0.4) is 0 Å². The first-order valence-corrected chi connectivity index (χ1v) is 10.2. The van der Waals surface area contributed by atoms with Crippen LogP contribution in [-0.4, -0.2) is 35.7 Å². The Morgan fingerprint density at radius 1 is 1.00 bits per heavy atom. The quantitative estimate of drug-likeness (QED) is 0.194. The molecule has 0 radical (unpaired) electrons. The van der Waals surface area contributed by atoms with E-state index >= 15 is 0 Å². The molecule has 0 amide bonds. The van der Waals surface area contributed by atoms with Gasteiger partial charge in [-0.05, 0) is 37.8 Å². The van der Waals surface area contributed by atoms with Crippen molar-refractivity contribution < 1.29 is 32.8 Å². The zero-order valence-electron chi connectivity index (χ0n) is 16.2. The van der Waals surface area contributed by atoms with Crippen molar-refractivity contribution in [2.24, 2.45) is 0 Å². The molecule has 0 aliphatic rings. The highest BCUT2D eigenvalue weighted by molar-refractivity contribution is 7.48. The summed E-state index contributed by atoms with van der Waals surface area (Å²) < 4.78 is 28.5. The highest BCUT2D eigenvalue weighted by Crippen LogP contribution is 2.53. The molecular weight excluding hydrogens is 359 g/mol. The number of hydrogen-bond donors (Lipinski definition) is 1. The van der Waals surface area contributed by atoms with E-state index in [9.17, 15) is 19.3 Å². The molecule has 1 unspecified atom stereocenters. The van der Waals surface area contributed by atoms with Gasteiger partial charge in [-0.3, -0.25) is 18.6 Å². The van der Waals surface area contributed by atoms with E-state index in [0.717, 1.165) is 12.8 Å². The van der Waals surface area contributed by atoms with Gasteiger partial charge in [0, 0.05) is 0 Å². The van der Waals surface area contributed by atoms with Crippen LogP contribution in [0.25, 0.3) is 0 Å². The van der Waals surface area contributed by atoms with Gasteiger partial charge in [0.15, 0.2) is 5.78 Å². The number of allylic oxidation sites excluding steroid dienone is 1. The topological polar surface area (TPSA) is 99.1 Å². The molecule has 0 aliphatic heterocycles. The highest BCUT2D eigenvalue weighted by Gasteiger charge is 2.47. The summed E-state index contributed by atoms with van der Waals surface area (Å²) in [6, 6.07) is 0. The number of carbonyl (C=O) groups is 2. The third-order valence-corrected chi connectivity index (χ3v) is 4.90. The Hall–Kier alpha value is -1.11. The minimum atomic E-state index is -4.27. The molecule has 0 heterocycles. The highest BCUT2D eigenvalue weighted by atomic mass is 31.2. The first-order chi connectivity index (χ1) is 12.0. The molecular formula is C18H31O7P. The maximum atomic E-state index is 12.9. The van der Waals surface area contributed by atoms with Gasteiger partial charge in [-0.25, -0.2) is 9.09 Å². The van der Waals surface area contributed by atoms with Gasteiger partial charge in [0.1, 0.15) is 0 Å². The van der Waals surface area contributed by atoms with E-state index in [1.165, 1.54) is 13.8 Å². The van der Waals surface area contributed by atoms with Crippen molar-refractivity contribution in [3.8, 4) is 0 Å². The van der Waals surface area contributed by atoms with Gasteiger partial charge in [0.2, 0.25) is 11.6 Å². The molecule has 7 nitrogen and oxygen atoms in total. The second-order valence-electron chi connectivity index (χ2n) is 6.19. The van der Waals surface area contributed by atoms with Crippen molar-refractivity contribution in [3.05, 3.63) is 24.3 Å². The molecule has 26 heavy (non-hydrogen) atoms. The summed E-state index contributed by atoms with van der Waals surface area (Å²) in [4.78, 5) is 24.4. The molecule has 0 rings (SSSR count). The Bertz CT molecular complexity index is 556. The van der Waals surface area contributed by atoms with E-state index in [-0.39, 0.29) is 24.4 Å². The molecule has 8 heteroatoms. The molecule has 0 aromatic heterocycles. The van der Waals surface area contributed by atoms with E-state index in [1.54, 1.807) is 0 Å². The Morgan fingerprint density at radius 2 is 1.46 bits per heavy atom. The van der Waals surface area contributed by atoms with Crippen molar-refractivity contribution in [2.75, 3.05) is 13.2 Å². The number of Topliss-reactive ketones (excluding diaryl/α,β-unsaturated/α-hetero) is 2. The van der Waals surface area contributed by atoms with Crippen molar-refractivity contribution in [1.29, 1.82) is 0 Å². The molecule has 0 aliphatic carbocycles. The van der Waals surface area contributed by atoms with Crippen molar-refractivity contribution in [1.82, 2.24) is 0 Å². The fourth-order valence-electron chi connectivity index (χ4n) is 1.77. The molecule has 0 bridgehead atoms. The average Bonchev–Trinajstić information content (AvgIpc) is 2.54. The Morgan fingerprint density at radius 3 is 1.81 bits per heavy atom. The molecule has 1 atom stereocenters. The van der Waals surface area contributed by atoms with Crippen LogP contribution in [-0.2, 0) is 27.7 Å². The standard InChI is InChI=1S/C18H31O7P/c1-7-9-11-23-26(22,24-12-10-8-2)25-18(21,17(20)15(5)6)13-16(19)14(3)4/h21H,3,5,7-13H2,1-2,4,6H3. The summed E-state index contributed by atoms with van der Waals surface area (Å²) >= 11 is 0. The molecule has 0 fully saturated rings. The summed E-state index contributed by atoms with van der Waals surface area (Å²) in [5.41, 5.74) is 0.0610. The number of unbranched alkanes of at least 4 members (excludes halogenated alkanes) is 2. The lowest BCUT2D eigenvalue weighted by Crippen LogP contribution is -2.43. The zero-order chi connectivity index (χ0) is 20.4. The van der Waals surface area contributed by atoms with E-state index in [1.807, 2.05) is 13.8 Å². The van der Waals surface area contributed by atoms with Crippen LogP contribution in [0.4, 0.5) is 0 Å². The molecule has 0 spiro atoms. The molecule has 150 valence electrons. The number of hydrogen-bond acceptors (Lipinski definition) is 7. The van der Waals surface area contributed by atoms with Crippen LogP contribution < -0.4 is 0 Å². The zero-order valence-corrected chi connectivity index (χ0v) is 17.1. The predicted molar refractivity (Wildman–Crippen MR) is 99.6 cm³/mol. The van der Waals surface area contributed by atoms with Crippen molar-refractivity contribution in [3.63, 3.8) is 0 Å². The van der Waals surface area contributed by atoms with E-state index in [0.29, 0.717) is 12.8 Å². The lowest BCUT2D eigenvalue weighted by Gasteiger charge is -2.29. The fraction of sp³-hybridized carbons (Fsp3) is 0.667. The van der Waals surface area contributed by atoms with Crippen LogP contribution in [0.15, 0.2) is 24.3 Å². The molecule has 0 aromatic rings. The van der Waals surface area contributed by atoms with Crippen molar-refractivity contribution >= 4 is 19.4 Å².